The second kappa shape index (κ2) is 4.06. The Hall–Kier alpha value is -2.09. The number of benzene rings is 2. The number of nitrogens with one attached hydrogen (secondary N) is 1. The van der Waals surface area contributed by atoms with E-state index in [9.17, 15) is 4.79 Å². The number of carbonyl (C=O) groups is 1. The number of carbonyl (C=O) groups excluding carboxylic acids is 1. The lowest BCUT2D eigenvalue weighted by Crippen LogP contribution is -2.31. The maximum absolute atomic E-state index is 11.8. The van der Waals surface area contributed by atoms with Gasteiger partial charge in [-0.2, -0.15) is 0 Å². The summed E-state index contributed by atoms with van der Waals surface area (Å²) in [7, 11) is 0. The van der Waals surface area contributed by atoms with E-state index < -0.39 is 0 Å². The van der Waals surface area contributed by atoms with E-state index in [-0.39, 0.29) is 5.91 Å². The van der Waals surface area contributed by atoms with Crippen molar-refractivity contribution in [1.29, 1.82) is 0 Å². The van der Waals surface area contributed by atoms with Crippen LogP contribution in [0, 0.1) is 0 Å². The molecule has 0 saturated carbocycles. The Balaban J connectivity index is 2.09. The summed E-state index contributed by atoms with van der Waals surface area (Å²) >= 11 is 0. The van der Waals surface area contributed by atoms with Crippen molar-refractivity contribution in [3.05, 3.63) is 59.7 Å². The summed E-state index contributed by atoms with van der Waals surface area (Å²) in [6.07, 6.45) is 0.927. The van der Waals surface area contributed by atoms with Crippen molar-refractivity contribution in [1.82, 2.24) is 5.32 Å². The van der Waals surface area contributed by atoms with Crippen molar-refractivity contribution in [3.63, 3.8) is 0 Å². The molecule has 0 bridgehead atoms. The summed E-state index contributed by atoms with van der Waals surface area (Å²) in [6, 6.07) is 16.3. The minimum Gasteiger partial charge on any atom is -0.352 e. The van der Waals surface area contributed by atoms with Gasteiger partial charge in [0.2, 0.25) is 0 Å². The van der Waals surface area contributed by atoms with Gasteiger partial charge in [0, 0.05) is 12.1 Å². The first-order valence-corrected chi connectivity index (χ1v) is 5.81. The van der Waals surface area contributed by atoms with Gasteiger partial charge in [-0.1, -0.05) is 42.5 Å². The lowest BCUT2D eigenvalue weighted by atomic mass is 9.95. The van der Waals surface area contributed by atoms with Gasteiger partial charge in [0.05, 0.1) is 0 Å². The molecule has 84 valence electrons. The Morgan fingerprint density at radius 1 is 0.941 bits per heavy atom. The Morgan fingerprint density at radius 2 is 1.76 bits per heavy atom. The third-order valence-corrected chi connectivity index (χ3v) is 3.14. The average Bonchev–Trinajstić information content (AvgIpc) is 2.40. The molecule has 0 aromatic heterocycles. The molecule has 2 nitrogen and oxygen atoms in total. The summed E-state index contributed by atoms with van der Waals surface area (Å²) in [5.74, 6) is 0.0454. The monoisotopic (exact) mass is 223 g/mol. The lowest BCUT2D eigenvalue weighted by molar-refractivity contribution is 0.0946. The summed E-state index contributed by atoms with van der Waals surface area (Å²) in [6.45, 7) is 0.747. The molecular weight excluding hydrogens is 210 g/mol. The predicted molar refractivity (Wildman–Crippen MR) is 67.9 cm³/mol. The Labute approximate surface area is 100 Å². The van der Waals surface area contributed by atoms with Gasteiger partial charge < -0.3 is 5.32 Å². The smallest absolute Gasteiger partial charge is 0.251 e. The number of hydrogen-bond acceptors (Lipinski definition) is 1. The molecule has 0 spiro atoms. The van der Waals surface area contributed by atoms with Gasteiger partial charge in [-0.25, -0.2) is 0 Å². The second-order valence-electron chi connectivity index (χ2n) is 4.24. The van der Waals surface area contributed by atoms with E-state index >= 15 is 0 Å². The van der Waals surface area contributed by atoms with Crippen molar-refractivity contribution >= 4 is 5.91 Å². The fraction of sp³-hybridized carbons (Fsp3) is 0.133. The zero-order valence-corrected chi connectivity index (χ0v) is 9.44. The Morgan fingerprint density at radius 3 is 2.59 bits per heavy atom. The summed E-state index contributed by atoms with van der Waals surface area (Å²) < 4.78 is 0. The first-order valence-electron chi connectivity index (χ1n) is 5.81. The molecule has 0 fully saturated rings. The Kier molecular flexibility index (Phi) is 2.41. The zero-order valence-electron chi connectivity index (χ0n) is 9.44. The van der Waals surface area contributed by atoms with Crippen LogP contribution in [0.3, 0.4) is 0 Å². The summed E-state index contributed by atoms with van der Waals surface area (Å²) in [5, 5.41) is 2.88. The van der Waals surface area contributed by atoms with Gasteiger partial charge >= 0.3 is 0 Å². The van der Waals surface area contributed by atoms with Gasteiger partial charge in [-0.3, -0.25) is 4.79 Å². The quantitative estimate of drug-likeness (QED) is 0.791. The molecule has 17 heavy (non-hydrogen) atoms. The van der Waals surface area contributed by atoms with Gasteiger partial charge in [0.15, 0.2) is 0 Å². The fourth-order valence-electron chi connectivity index (χ4n) is 2.22. The van der Waals surface area contributed by atoms with E-state index in [1.807, 2.05) is 24.3 Å². The van der Waals surface area contributed by atoms with E-state index in [4.69, 9.17) is 0 Å². The van der Waals surface area contributed by atoms with Crippen LogP contribution in [-0.2, 0) is 6.42 Å². The third kappa shape index (κ3) is 1.82. The predicted octanol–water partition coefficient (Wildman–Crippen LogP) is 2.64. The van der Waals surface area contributed by atoms with E-state index in [0.717, 1.165) is 35.2 Å². The molecule has 1 N–H and O–H groups in total. The first kappa shape index (κ1) is 10.1. The minimum atomic E-state index is 0.0454. The van der Waals surface area contributed by atoms with Crippen molar-refractivity contribution in [2.45, 2.75) is 6.42 Å². The standard InChI is InChI=1S/C15H13NO/c17-15-14-10-13(11-4-2-1-3-5-11)7-6-12(14)8-9-16-15/h1-7,10H,8-9H2,(H,16,17). The largest absolute Gasteiger partial charge is 0.352 e. The molecule has 2 aromatic rings. The van der Waals surface area contributed by atoms with Crippen LogP contribution >= 0.6 is 0 Å². The highest BCUT2D eigenvalue weighted by Crippen LogP contribution is 2.23. The van der Waals surface area contributed by atoms with Crippen LogP contribution in [0.4, 0.5) is 0 Å². The molecule has 0 saturated heterocycles. The molecular formula is C15H13NO. The molecule has 1 heterocycles. The number of hydrogen-bond donors (Lipinski definition) is 1. The maximum Gasteiger partial charge on any atom is 0.251 e. The van der Waals surface area contributed by atoms with E-state index in [1.54, 1.807) is 0 Å². The summed E-state index contributed by atoms with van der Waals surface area (Å²) in [5.41, 5.74) is 4.21. The molecule has 3 rings (SSSR count). The van der Waals surface area contributed by atoms with Gasteiger partial charge in [-0.15, -0.1) is 0 Å². The van der Waals surface area contributed by atoms with Crippen LogP contribution in [0.5, 0.6) is 0 Å². The number of amides is 1. The third-order valence-electron chi connectivity index (χ3n) is 3.14. The topological polar surface area (TPSA) is 29.1 Å². The van der Waals surface area contributed by atoms with Crippen molar-refractivity contribution < 1.29 is 4.79 Å². The van der Waals surface area contributed by atoms with Crippen molar-refractivity contribution in [2.75, 3.05) is 6.54 Å². The minimum absolute atomic E-state index is 0.0454. The van der Waals surface area contributed by atoms with Gasteiger partial charge in [0.1, 0.15) is 0 Å². The average molecular weight is 223 g/mol. The molecule has 0 atom stereocenters. The van der Waals surface area contributed by atoms with Crippen LogP contribution in [0.15, 0.2) is 48.5 Å². The SMILES string of the molecule is O=C1NCCc2ccc(-c3ccccc3)cc21. The fourth-order valence-corrected chi connectivity index (χ4v) is 2.22. The molecule has 2 heteroatoms. The van der Waals surface area contributed by atoms with E-state index in [2.05, 4.69) is 29.6 Å². The van der Waals surface area contributed by atoms with Crippen molar-refractivity contribution in [2.24, 2.45) is 0 Å². The highest BCUT2D eigenvalue weighted by molar-refractivity contribution is 5.97. The van der Waals surface area contributed by atoms with Crippen molar-refractivity contribution in [3.8, 4) is 11.1 Å². The lowest BCUT2D eigenvalue weighted by Gasteiger charge is -2.17. The number of rotatable bonds is 1. The molecule has 0 aliphatic carbocycles. The second-order valence-corrected chi connectivity index (χ2v) is 4.24. The zero-order chi connectivity index (χ0) is 11.7. The molecule has 1 aliphatic heterocycles. The molecule has 1 amide bonds. The molecule has 0 unspecified atom stereocenters. The first-order chi connectivity index (χ1) is 8.34. The van der Waals surface area contributed by atoms with Crippen LogP contribution in [0.25, 0.3) is 11.1 Å². The van der Waals surface area contributed by atoms with Gasteiger partial charge in [-0.05, 0) is 29.2 Å². The van der Waals surface area contributed by atoms with Crippen LogP contribution in [0.1, 0.15) is 15.9 Å². The maximum atomic E-state index is 11.8. The molecule has 0 radical (unpaired) electrons. The molecule has 1 aliphatic rings. The van der Waals surface area contributed by atoms with Gasteiger partial charge in [0.25, 0.3) is 5.91 Å². The van der Waals surface area contributed by atoms with Crippen LogP contribution < -0.4 is 5.32 Å². The van der Waals surface area contributed by atoms with Crippen LogP contribution in [0.2, 0.25) is 0 Å². The highest BCUT2D eigenvalue weighted by atomic mass is 16.1. The Bertz CT molecular complexity index is 560. The normalized spacial score (nSPS) is 14.0. The molecule has 2 aromatic carbocycles. The number of fused-ring (bicyclic) bond motifs is 1. The highest BCUT2D eigenvalue weighted by Gasteiger charge is 2.16. The van der Waals surface area contributed by atoms with E-state index in [1.165, 1.54) is 0 Å². The van der Waals surface area contributed by atoms with Crippen LogP contribution in [-0.4, -0.2) is 12.5 Å². The summed E-state index contributed by atoms with van der Waals surface area (Å²) in [4.78, 5) is 11.8. The van der Waals surface area contributed by atoms with E-state index in [0.29, 0.717) is 0 Å².